The zero-order chi connectivity index (χ0) is 21.7. The summed E-state index contributed by atoms with van der Waals surface area (Å²) in [6.45, 7) is 3.98. The van der Waals surface area contributed by atoms with Gasteiger partial charge in [0.2, 0.25) is 5.91 Å². The van der Waals surface area contributed by atoms with E-state index in [1.54, 1.807) is 0 Å². The standard InChI is InChI=1S/C16H25N5O6S2/c1-6-12-11(7(2)22)15(23)21(12)13(16(24)25)14(6)28-9-3-8(19-5-9)4-10(17)20-29(18,26)27/h6-9,11-12,19,22H,3-5H2,1-2H3,(H2,17,20)(H,24,25)(H2,18,26,27)/t6-,7-,8+,9?,11?,12?/m1/s1. The number of thioether (sulfide) groups is 1. The molecule has 1 amide bonds. The normalized spacial score (nSPS) is 33.7. The topological polar surface area (TPSA) is 188 Å². The summed E-state index contributed by atoms with van der Waals surface area (Å²) in [4.78, 5) is 26.1. The van der Waals surface area contributed by atoms with Crippen molar-refractivity contribution in [2.24, 2.45) is 27.1 Å². The monoisotopic (exact) mass is 447 g/mol. The first-order chi connectivity index (χ1) is 13.4. The van der Waals surface area contributed by atoms with Gasteiger partial charge in [-0.05, 0) is 13.3 Å². The van der Waals surface area contributed by atoms with E-state index in [9.17, 15) is 28.2 Å². The number of nitrogens with two attached hydrogens (primary N) is 2. The highest BCUT2D eigenvalue weighted by Crippen LogP contribution is 2.51. The Morgan fingerprint density at radius 1 is 1.48 bits per heavy atom. The van der Waals surface area contributed by atoms with Crippen LogP contribution < -0.4 is 16.2 Å². The SMILES string of the molecule is C[C@@H](O)C1C(=O)N2C(C(=O)O)=C(SC3CN[C@H](C/C(N)=N/S(N)(=O)=O)C3)[C@H](C)C12. The van der Waals surface area contributed by atoms with Gasteiger partial charge < -0.3 is 26.2 Å². The van der Waals surface area contributed by atoms with Crippen molar-refractivity contribution in [1.82, 2.24) is 10.2 Å². The molecule has 0 saturated carbocycles. The smallest absolute Gasteiger partial charge is 0.353 e. The Labute approximate surface area is 172 Å². The number of amidine groups is 1. The lowest BCUT2D eigenvalue weighted by atomic mass is 9.79. The maximum absolute atomic E-state index is 12.4. The molecule has 3 aliphatic heterocycles. The van der Waals surface area contributed by atoms with Gasteiger partial charge in [-0.25, -0.2) is 9.93 Å². The van der Waals surface area contributed by atoms with Crippen molar-refractivity contribution in [2.75, 3.05) is 6.54 Å². The van der Waals surface area contributed by atoms with Gasteiger partial charge in [0.15, 0.2) is 0 Å². The Morgan fingerprint density at radius 3 is 2.69 bits per heavy atom. The van der Waals surface area contributed by atoms with Crippen LogP contribution in [0.1, 0.15) is 26.7 Å². The molecule has 3 aliphatic rings. The number of hydrogen-bond donors (Lipinski definition) is 5. The molecule has 7 N–H and O–H groups in total. The predicted octanol–water partition coefficient (Wildman–Crippen LogP) is -1.45. The number of carbonyl (C=O) groups excluding carboxylic acids is 1. The molecule has 3 unspecified atom stereocenters. The maximum atomic E-state index is 12.4. The fourth-order valence-electron chi connectivity index (χ4n) is 4.34. The summed E-state index contributed by atoms with van der Waals surface area (Å²) in [5.41, 5.74) is 5.62. The second-order valence-corrected chi connectivity index (χ2v) is 10.2. The molecule has 0 spiro atoms. The Kier molecular flexibility index (Phi) is 5.98. The van der Waals surface area contributed by atoms with Crippen LogP contribution >= 0.6 is 11.8 Å². The van der Waals surface area contributed by atoms with Crippen LogP contribution in [0.25, 0.3) is 0 Å². The van der Waals surface area contributed by atoms with Crippen molar-refractivity contribution in [1.29, 1.82) is 0 Å². The van der Waals surface area contributed by atoms with E-state index in [4.69, 9.17) is 10.9 Å². The summed E-state index contributed by atoms with van der Waals surface area (Å²) in [6, 6.07) is -0.466. The number of rotatable bonds is 7. The molecule has 3 rings (SSSR count). The number of amides is 1. The van der Waals surface area contributed by atoms with E-state index in [-0.39, 0.29) is 47.1 Å². The third kappa shape index (κ3) is 4.28. The van der Waals surface area contributed by atoms with Crippen molar-refractivity contribution in [2.45, 2.75) is 50.1 Å². The largest absolute Gasteiger partial charge is 0.477 e. The average Bonchev–Trinajstić information content (AvgIpc) is 3.07. The van der Waals surface area contributed by atoms with Gasteiger partial charge in [-0.15, -0.1) is 16.2 Å². The number of aliphatic hydroxyl groups excluding tert-OH is 1. The molecule has 3 heterocycles. The predicted molar refractivity (Wildman–Crippen MR) is 107 cm³/mol. The highest BCUT2D eigenvalue weighted by atomic mass is 32.2. The van der Waals surface area contributed by atoms with Gasteiger partial charge in [0.05, 0.1) is 18.1 Å². The van der Waals surface area contributed by atoms with E-state index in [0.717, 1.165) is 0 Å². The molecule has 2 saturated heterocycles. The van der Waals surface area contributed by atoms with Crippen LogP contribution in [-0.4, -0.2) is 71.2 Å². The maximum Gasteiger partial charge on any atom is 0.353 e. The van der Waals surface area contributed by atoms with Crippen molar-refractivity contribution < 1.29 is 28.2 Å². The minimum atomic E-state index is -4.04. The van der Waals surface area contributed by atoms with Crippen LogP contribution in [0.3, 0.4) is 0 Å². The quantitative estimate of drug-likeness (QED) is 0.177. The zero-order valence-electron chi connectivity index (χ0n) is 16.0. The summed E-state index contributed by atoms with van der Waals surface area (Å²) in [5, 5.41) is 27.7. The number of nitrogens with one attached hydrogen (secondary N) is 1. The van der Waals surface area contributed by atoms with E-state index < -0.39 is 28.2 Å². The van der Waals surface area contributed by atoms with E-state index >= 15 is 0 Å². The second-order valence-electron chi connectivity index (χ2n) is 7.65. The summed E-state index contributed by atoms with van der Waals surface area (Å²) >= 11 is 1.40. The Morgan fingerprint density at radius 2 is 2.14 bits per heavy atom. The van der Waals surface area contributed by atoms with Crippen molar-refractivity contribution in [3.63, 3.8) is 0 Å². The lowest BCUT2D eigenvalue weighted by Crippen LogP contribution is -2.63. The van der Waals surface area contributed by atoms with E-state index in [2.05, 4.69) is 9.71 Å². The molecule has 11 nitrogen and oxygen atoms in total. The van der Waals surface area contributed by atoms with Gasteiger partial charge in [0, 0.05) is 35.1 Å². The number of carboxylic acid groups (broad SMARTS) is 1. The summed E-state index contributed by atoms with van der Waals surface area (Å²) in [6.07, 6.45) is -0.0256. The van der Waals surface area contributed by atoms with Gasteiger partial charge in [0.25, 0.3) is 0 Å². The number of β-lactam (4-membered cyclic amide) rings is 1. The second kappa shape index (κ2) is 7.87. The number of aliphatic hydroxyl groups is 1. The van der Waals surface area contributed by atoms with Crippen LogP contribution in [0.5, 0.6) is 0 Å². The number of carbonyl (C=O) groups is 2. The van der Waals surface area contributed by atoms with E-state index in [1.807, 2.05) is 6.92 Å². The molecule has 0 aromatic heterocycles. The van der Waals surface area contributed by atoms with Gasteiger partial charge >= 0.3 is 16.2 Å². The minimum absolute atomic E-state index is 0.00634. The summed E-state index contributed by atoms with van der Waals surface area (Å²) in [7, 11) is -4.04. The molecule has 0 aromatic carbocycles. The molecule has 6 atom stereocenters. The molecular formula is C16H25N5O6S2. The van der Waals surface area contributed by atoms with Gasteiger partial charge in [-0.3, -0.25) is 4.79 Å². The van der Waals surface area contributed by atoms with E-state index in [0.29, 0.717) is 17.9 Å². The van der Waals surface area contributed by atoms with E-state index in [1.165, 1.54) is 23.6 Å². The van der Waals surface area contributed by atoms with Crippen LogP contribution in [0, 0.1) is 11.8 Å². The summed E-state index contributed by atoms with van der Waals surface area (Å²) < 4.78 is 25.2. The number of aliphatic carboxylic acids is 1. The third-order valence-electron chi connectivity index (χ3n) is 5.49. The summed E-state index contributed by atoms with van der Waals surface area (Å²) in [5.74, 6) is -2.41. The number of nitrogens with zero attached hydrogens (tertiary/aromatic N) is 2. The number of fused-ring (bicyclic) bond motifs is 1. The van der Waals surface area contributed by atoms with Crippen molar-refractivity contribution >= 4 is 39.7 Å². The van der Waals surface area contributed by atoms with Crippen LogP contribution in [0.4, 0.5) is 0 Å². The molecule has 162 valence electrons. The third-order valence-corrected chi connectivity index (χ3v) is 7.49. The van der Waals surface area contributed by atoms with Gasteiger partial charge in [-0.2, -0.15) is 8.42 Å². The molecule has 29 heavy (non-hydrogen) atoms. The first kappa shape index (κ1) is 22.0. The lowest BCUT2D eigenvalue weighted by molar-refractivity contribution is -0.163. The lowest BCUT2D eigenvalue weighted by Gasteiger charge is -2.46. The Bertz CT molecular complexity index is 886. The number of hydrogen-bond acceptors (Lipinski definition) is 7. The number of carboxylic acids is 1. The Hall–Kier alpha value is -1.67. The molecule has 0 aliphatic carbocycles. The molecule has 0 aromatic rings. The molecule has 13 heteroatoms. The molecule has 2 fully saturated rings. The fourth-order valence-corrected chi connectivity index (χ4v) is 6.26. The van der Waals surface area contributed by atoms with Gasteiger partial charge in [-0.1, -0.05) is 6.92 Å². The average molecular weight is 448 g/mol. The first-order valence-electron chi connectivity index (χ1n) is 9.16. The van der Waals surface area contributed by atoms with Crippen molar-refractivity contribution in [3.8, 4) is 0 Å². The molecular weight excluding hydrogens is 422 g/mol. The fraction of sp³-hybridized carbons (Fsp3) is 0.688. The van der Waals surface area contributed by atoms with Crippen LogP contribution in [0.2, 0.25) is 0 Å². The highest BCUT2D eigenvalue weighted by molar-refractivity contribution is 8.03. The molecule has 0 bridgehead atoms. The van der Waals surface area contributed by atoms with Crippen molar-refractivity contribution in [3.05, 3.63) is 10.6 Å². The minimum Gasteiger partial charge on any atom is -0.477 e. The highest BCUT2D eigenvalue weighted by Gasteiger charge is 2.60. The van der Waals surface area contributed by atoms with Gasteiger partial charge in [0.1, 0.15) is 11.5 Å². The van der Waals surface area contributed by atoms with Crippen LogP contribution in [0.15, 0.2) is 15.0 Å². The Balaban J connectivity index is 1.71. The molecule has 0 radical (unpaired) electrons. The van der Waals surface area contributed by atoms with Crippen LogP contribution in [-0.2, 0) is 19.8 Å². The first-order valence-corrected chi connectivity index (χ1v) is 11.5. The zero-order valence-corrected chi connectivity index (χ0v) is 17.6.